The summed E-state index contributed by atoms with van der Waals surface area (Å²) in [5.41, 5.74) is 1.92. The summed E-state index contributed by atoms with van der Waals surface area (Å²) >= 11 is 0. The third kappa shape index (κ3) is 3.43. The smallest absolute Gasteiger partial charge is 0.230 e. The second-order valence-corrected chi connectivity index (χ2v) is 4.21. The first-order valence-corrected chi connectivity index (χ1v) is 6.48. The minimum atomic E-state index is 0.524. The molecule has 1 N–H and O–H groups in total. The molecule has 0 aliphatic rings. The van der Waals surface area contributed by atoms with Crippen molar-refractivity contribution < 1.29 is 4.74 Å². The van der Waals surface area contributed by atoms with Crippen LogP contribution in [0.1, 0.15) is 26.0 Å². The van der Waals surface area contributed by atoms with Crippen LogP contribution in [0.3, 0.4) is 0 Å². The molecule has 0 saturated carbocycles. The summed E-state index contributed by atoms with van der Waals surface area (Å²) in [6.07, 6.45) is 5.41. The normalized spacial score (nSPS) is 10.5. The third-order valence-electron chi connectivity index (χ3n) is 2.57. The highest BCUT2D eigenvalue weighted by molar-refractivity contribution is 5.55. The summed E-state index contributed by atoms with van der Waals surface area (Å²) in [6.45, 7) is 4.78. The molecular weight excluding hydrogens is 242 g/mol. The standard InChI is InChI=1S/C13H19N5O/c1-4-8-19-12-6-7-14-13(16-12)15-11-9-18(3)17-10(11)5-2/h6-7,9H,4-5,8H2,1-3H3,(H,14,15,16). The van der Waals surface area contributed by atoms with Crippen molar-refractivity contribution >= 4 is 11.6 Å². The van der Waals surface area contributed by atoms with E-state index in [1.165, 1.54) is 0 Å². The topological polar surface area (TPSA) is 64.9 Å². The van der Waals surface area contributed by atoms with Crippen LogP contribution in [-0.4, -0.2) is 26.4 Å². The molecule has 0 bridgehead atoms. The monoisotopic (exact) mass is 261 g/mol. The molecule has 2 rings (SSSR count). The summed E-state index contributed by atoms with van der Waals surface area (Å²) in [7, 11) is 1.89. The minimum Gasteiger partial charge on any atom is -0.478 e. The highest BCUT2D eigenvalue weighted by Crippen LogP contribution is 2.18. The first-order chi connectivity index (χ1) is 9.22. The van der Waals surface area contributed by atoms with Crippen molar-refractivity contribution in [1.29, 1.82) is 0 Å². The van der Waals surface area contributed by atoms with E-state index in [0.717, 1.165) is 24.2 Å². The Hall–Kier alpha value is -2.11. The van der Waals surface area contributed by atoms with Gasteiger partial charge in [0.2, 0.25) is 11.8 Å². The van der Waals surface area contributed by atoms with Crippen LogP contribution in [-0.2, 0) is 13.5 Å². The SMILES string of the molecule is CCCOc1ccnc(Nc2cn(C)nc2CC)n1. The maximum Gasteiger partial charge on any atom is 0.230 e. The van der Waals surface area contributed by atoms with E-state index >= 15 is 0 Å². The molecular formula is C13H19N5O. The maximum atomic E-state index is 5.48. The summed E-state index contributed by atoms with van der Waals surface area (Å²) in [5.74, 6) is 1.11. The Morgan fingerprint density at radius 1 is 1.37 bits per heavy atom. The number of aryl methyl sites for hydroxylation is 2. The van der Waals surface area contributed by atoms with E-state index in [2.05, 4.69) is 34.2 Å². The van der Waals surface area contributed by atoms with Crippen LogP contribution in [0.4, 0.5) is 11.6 Å². The van der Waals surface area contributed by atoms with Gasteiger partial charge in [0, 0.05) is 25.5 Å². The predicted molar refractivity (Wildman–Crippen MR) is 73.7 cm³/mol. The van der Waals surface area contributed by atoms with Crippen molar-refractivity contribution in [2.24, 2.45) is 7.05 Å². The zero-order chi connectivity index (χ0) is 13.7. The number of hydrogen-bond donors (Lipinski definition) is 1. The lowest BCUT2D eigenvalue weighted by molar-refractivity contribution is 0.305. The van der Waals surface area contributed by atoms with Crippen LogP contribution in [0, 0.1) is 0 Å². The number of nitrogens with one attached hydrogen (secondary N) is 1. The van der Waals surface area contributed by atoms with E-state index in [4.69, 9.17) is 4.74 Å². The van der Waals surface area contributed by atoms with Gasteiger partial charge in [-0.2, -0.15) is 10.1 Å². The quantitative estimate of drug-likeness (QED) is 0.864. The van der Waals surface area contributed by atoms with Gasteiger partial charge in [-0.05, 0) is 12.8 Å². The summed E-state index contributed by atoms with van der Waals surface area (Å²) in [6, 6.07) is 1.75. The molecule has 0 spiro atoms. The Kier molecular flexibility index (Phi) is 4.33. The lowest BCUT2D eigenvalue weighted by Crippen LogP contribution is -2.02. The maximum absolute atomic E-state index is 5.48. The van der Waals surface area contributed by atoms with Crippen molar-refractivity contribution in [2.75, 3.05) is 11.9 Å². The van der Waals surface area contributed by atoms with Gasteiger partial charge in [0.1, 0.15) is 0 Å². The Labute approximate surface area is 112 Å². The first-order valence-electron chi connectivity index (χ1n) is 6.48. The number of hydrogen-bond acceptors (Lipinski definition) is 5. The molecule has 0 aromatic carbocycles. The molecule has 0 unspecified atom stereocenters. The molecule has 2 aromatic rings. The average molecular weight is 261 g/mol. The van der Waals surface area contributed by atoms with Crippen LogP contribution < -0.4 is 10.1 Å². The molecule has 19 heavy (non-hydrogen) atoms. The van der Waals surface area contributed by atoms with Crippen LogP contribution >= 0.6 is 0 Å². The zero-order valence-electron chi connectivity index (χ0n) is 11.6. The van der Waals surface area contributed by atoms with E-state index in [9.17, 15) is 0 Å². The molecule has 6 heteroatoms. The highest BCUT2D eigenvalue weighted by Gasteiger charge is 2.08. The number of ether oxygens (including phenoxy) is 1. The van der Waals surface area contributed by atoms with Gasteiger partial charge in [-0.15, -0.1) is 0 Å². The molecule has 0 atom stereocenters. The van der Waals surface area contributed by atoms with Gasteiger partial charge in [-0.3, -0.25) is 4.68 Å². The second-order valence-electron chi connectivity index (χ2n) is 4.21. The molecule has 2 heterocycles. The highest BCUT2D eigenvalue weighted by atomic mass is 16.5. The molecule has 0 fully saturated rings. The summed E-state index contributed by atoms with van der Waals surface area (Å²) in [4.78, 5) is 8.50. The van der Waals surface area contributed by atoms with Crippen molar-refractivity contribution in [3.8, 4) is 5.88 Å². The van der Waals surface area contributed by atoms with Gasteiger partial charge in [0.15, 0.2) is 0 Å². The van der Waals surface area contributed by atoms with Gasteiger partial charge < -0.3 is 10.1 Å². The van der Waals surface area contributed by atoms with Crippen LogP contribution in [0.25, 0.3) is 0 Å². The van der Waals surface area contributed by atoms with E-state index in [1.54, 1.807) is 16.9 Å². The van der Waals surface area contributed by atoms with Crippen molar-refractivity contribution in [1.82, 2.24) is 19.7 Å². The fourth-order valence-electron chi connectivity index (χ4n) is 1.71. The lowest BCUT2D eigenvalue weighted by Gasteiger charge is -2.06. The molecule has 0 amide bonds. The Bertz CT molecular complexity index is 538. The molecule has 0 aliphatic heterocycles. The van der Waals surface area contributed by atoms with E-state index in [0.29, 0.717) is 18.4 Å². The molecule has 6 nitrogen and oxygen atoms in total. The van der Waals surface area contributed by atoms with Gasteiger partial charge >= 0.3 is 0 Å². The van der Waals surface area contributed by atoms with Crippen molar-refractivity contribution in [2.45, 2.75) is 26.7 Å². The van der Waals surface area contributed by atoms with Gasteiger partial charge in [0.05, 0.1) is 18.0 Å². The average Bonchev–Trinajstić information content (AvgIpc) is 2.77. The fraction of sp³-hybridized carbons (Fsp3) is 0.462. The Morgan fingerprint density at radius 3 is 2.95 bits per heavy atom. The zero-order valence-corrected chi connectivity index (χ0v) is 11.6. The van der Waals surface area contributed by atoms with E-state index in [-0.39, 0.29) is 0 Å². The van der Waals surface area contributed by atoms with Gasteiger partial charge in [0.25, 0.3) is 0 Å². The summed E-state index contributed by atoms with van der Waals surface area (Å²) in [5, 5.41) is 7.54. The van der Waals surface area contributed by atoms with Gasteiger partial charge in [-0.25, -0.2) is 4.98 Å². The number of anilines is 2. The van der Waals surface area contributed by atoms with Crippen LogP contribution in [0.2, 0.25) is 0 Å². The third-order valence-corrected chi connectivity index (χ3v) is 2.57. The van der Waals surface area contributed by atoms with Crippen molar-refractivity contribution in [3.05, 3.63) is 24.2 Å². The van der Waals surface area contributed by atoms with Gasteiger partial charge in [-0.1, -0.05) is 13.8 Å². The lowest BCUT2D eigenvalue weighted by atomic mass is 10.3. The predicted octanol–water partition coefficient (Wildman–Crippen LogP) is 2.30. The number of nitrogens with zero attached hydrogens (tertiary/aromatic N) is 4. The minimum absolute atomic E-state index is 0.524. The number of rotatable bonds is 6. The molecule has 0 saturated heterocycles. The van der Waals surface area contributed by atoms with E-state index in [1.807, 2.05) is 13.2 Å². The second kappa shape index (κ2) is 6.17. The van der Waals surface area contributed by atoms with Crippen molar-refractivity contribution in [3.63, 3.8) is 0 Å². The summed E-state index contributed by atoms with van der Waals surface area (Å²) < 4.78 is 7.26. The molecule has 0 radical (unpaired) electrons. The largest absolute Gasteiger partial charge is 0.478 e. The van der Waals surface area contributed by atoms with E-state index < -0.39 is 0 Å². The Balaban J connectivity index is 2.13. The first kappa shape index (κ1) is 13.3. The van der Waals surface area contributed by atoms with Crippen LogP contribution in [0.5, 0.6) is 5.88 Å². The Morgan fingerprint density at radius 2 is 2.21 bits per heavy atom. The van der Waals surface area contributed by atoms with Crippen LogP contribution in [0.15, 0.2) is 18.5 Å². The molecule has 0 aliphatic carbocycles. The molecule has 102 valence electrons. The number of aromatic nitrogens is 4. The molecule has 2 aromatic heterocycles. The fourth-order valence-corrected chi connectivity index (χ4v) is 1.71.